The molecule has 2 amide bonds. The number of carbonyl (C=O) groups is 1. The Morgan fingerprint density at radius 1 is 1.40 bits per heavy atom. The third-order valence-corrected chi connectivity index (χ3v) is 2.52. The zero-order valence-electron chi connectivity index (χ0n) is 10.6. The van der Waals surface area contributed by atoms with Crippen molar-refractivity contribution < 1.29 is 9.21 Å². The van der Waals surface area contributed by atoms with E-state index in [1.807, 2.05) is 5.43 Å². The number of urea groups is 1. The number of aromatic nitrogens is 1. The van der Waals surface area contributed by atoms with E-state index in [4.69, 9.17) is 10.2 Å². The summed E-state index contributed by atoms with van der Waals surface area (Å²) in [6, 6.07) is 5.60. The molecule has 0 spiro atoms. The van der Waals surface area contributed by atoms with Gasteiger partial charge in [0.25, 0.3) is 5.56 Å². The van der Waals surface area contributed by atoms with E-state index in [9.17, 15) is 14.4 Å². The number of rotatable bonds is 3. The molecular weight excluding hydrogens is 264 g/mol. The van der Waals surface area contributed by atoms with Crippen LogP contribution in [0.25, 0.3) is 11.0 Å². The highest BCUT2D eigenvalue weighted by atomic mass is 16.4. The molecule has 0 bridgehead atoms. The smallest absolute Gasteiger partial charge is 0.409 e. The minimum Gasteiger partial charge on any atom is -0.409 e. The van der Waals surface area contributed by atoms with Gasteiger partial charge < -0.3 is 10.2 Å². The quantitative estimate of drug-likeness (QED) is 0.605. The lowest BCUT2D eigenvalue weighted by atomic mass is 10.2. The molecule has 0 unspecified atom stereocenters. The number of hydrogen-bond donors (Lipinski definition) is 2. The number of benzene rings is 1. The van der Waals surface area contributed by atoms with Gasteiger partial charge >= 0.3 is 11.8 Å². The van der Waals surface area contributed by atoms with Crippen molar-refractivity contribution in [3.05, 3.63) is 45.2 Å². The minimum atomic E-state index is -0.831. The molecule has 0 saturated carbocycles. The molecule has 1 aromatic heterocycles. The maximum absolute atomic E-state index is 12.2. The van der Waals surface area contributed by atoms with Gasteiger partial charge in [-0.2, -0.15) is 5.10 Å². The van der Waals surface area contributed by atoms with Crippen molar-refractivity contribution in [3.63, 3.8) is 0 Å². The second kappa shape index (κ2) is 5.39. The van der Waals surface area contributed by atoms with Gasteiger partial charge in [0, 0.05) is 0 Å². The second-order valence-corrected chi connectivity index (χ2v) is 4.08. The number of hydrogen-bond acceptors (Lipinski definition) is 5. The molecule has 0 saturated heterocycles. The molecule has 0 aliphatic rings. The Kier molecular flexibility index (Phi) is 3.65. The number of nitrogens with two attached hydrogens (primary N) is 1. The van der Waals surface area contributed by atoms with Gasteiger partial charge in [0.2, 0.25) is 0 Å². The average Bonchev–Trinajstić information content (AvgIpc) is 2.41. The van der Waals surface area contributed by atoms with Crippen molar-refractivity contribution in [2.45, 2.75) is 13.5 Å². The predicted octanol–water partition coefficient (Wildman–Crippen LogP) is -0.00110. The SMILES string of the molecule is C/C(Cn1c(=O)oc2ccccc2c1=O)=N/NC(N)=O. The zero-order chi connectivity index (χ0) is 14.7. The first-order valence-corrected chi connectivity index (χ1v) is 5.70. The van der Waals surface area contributed by atoms with Crippen LogP contribution in [-0.2, 0) is 6.54 Å². The van der Waals surface area contributed by atoms with Crippen LogP contribution in [0.5, 0.6) is 0 Å². The van der Waals surface area contributed by atoms with Gasteiger partial charge in [-0.25, -0.2) is 19.6 Å². The molecule has 0 fully saturated rings. The highest BCUT2D eigenvalue weighted by Gasteiger charge is 2.09. The van der Waals surface area contributed by atoms with Crippen LogP contribution in [-0.4, -0.2) is 16.3 Å². The van der Waals surface area contributed by atoms with E-state index in [0.717, 1.165) is 4.57 Å². The Morgan fingerprint density at radius 3 is 2.80 bits per heavy atom. The third-order valence-electron chi connectivity index (χ3n) is 2.52. The standard InChI is InChI=1S/C12H12N4O4/c1-7(14-15-11(13)18)6-16-10(17)8-4-2-3-5-9(8)20-12(16)19/h2-5H,6H2,1H3,(H3,13,15,18)/b14-7-. The van der Waals surface area contributed by atoms with E-state index in [1.165, 1.54) is 13.0 Å². The first-order chi connectivity index (χ1) is 9.49. The summed E-state index contributed by atoms with van der Waals surface area (Å²) >= 11 is 0. The highest BCUT2D eigenvalue weighted by Crippen LogP contribution is 2.05. The fourth-order valence-corrected chi connectivity index (χ4v) is 1.66. The van der Waals surface area contributed by atoms with Crippen molar-refractivity contribution in [1.82, 2.24) is 9.99 Å². The Balaban J connectivity index is 2.45. The van der Waals surface area contributed by atoms with Gasteiger partial charge in [-0.15, -0.1) is 0 Å². The molecule has 1 aromatic carbocycles. The molecule has 0 aliphatic heterocycles. The molecule has 1 heterocycles. The van der Waals surface area contributed by atoms with Crippen LogP contribution in [0.2, 0.25) is 0 Å². The van der Waals surface area contributed by atoms with Crippen molar-refractivity contribution >= 4 is 22.7 Å². The fraction of sp³-hybridized carbons (Fsp3) is 0.167. The van der Waals surface area contributed by atoms with E-state index in [-0.39, 0.29) is 12.1 Å². The van der Waals surface area contributed by atoms with Gasteiger partial charge in [-0.05, 0) is 19.1 Å². The number of hydrazone groups is 1. The molecule has 8 heteroatoms. The monoisotopic (exact) mass is 276 g/mol. The molecule has 2 rings (SSSR count). The number of nitrogens with zero attached hydrogens (tertiary/aromatic N) is 2. The van der Waals surface area contributed by atoms with Gasteiger partial charge in [-0.1, -0.05) is 12.1 Å². The van der Waals surface area contributed by atoms with E-state index in [2.05, 4.69) is 5.10 Å². The summed E-state index contributed by atoms with van der Waals surface area (Å²) in [5.74, 6) is -0.790. The maximum Gasteiger partial charge on any atom is 0.422 e. The van der Waals surface area contributed by atoms with Crippen molar-refractivity contribution in [1.29, 1.82) is 0 Å². The van der Waals surface area contributed by atoms with Gasteiger partial charge in [0.15, 0.2) is 0 Å². The molecule has 0 atom stereocenters. The van der Waals surface area contributed by atoms with E-state index in [0.29, 0.717) is 11.1 Å². The minimum absolute atomic E-state index is 0.105. The van der Waals surface area contributed by atoms with Crippen LogP contribution in [0, 0.1) is 0 Å². The molecule has 2 aromatic rings. The van der Waals surface area contributed by atoms with Crippen LogP contribution in [0.1, 0.15) is 6.92 Å². The maximum atomic E-state index is 12.2. The van der Waals surface area contributed by atoms with E-state index < -0.39 is 17.3 Å². The van der Waals surface area contributed by atoms with E-state index in [1.54, 1.807) is 18.2 Å². The van der Waals surface area contributed by atoms with E-state index >= 15 is 0 Å². The zero-order valence-corrected chi connectivity index (χ0v) is 10.6. The molecule has 20 heavy (non-hydrogen) atoms. The molecule has 8 nitrogen and oxygen atoms in total. The Morgan fingerprint density at radius 2 is 2.10 bits per heavy atom. The summed E-state index contributed by atoms with van der Waals surface area (Å²) in [6.07, 6.45) is 0. The van der Waals surface area contributed by atoms with Gasteiger partial charge in [-0.3, -0.25) is 4.79 Å². The van der Waals surface area contributed by atoms with Crippen LogP contribution >= 0.6 is 0 Å². The fourth-order valence-electron chi connectivity index (χ4n) is 1.66. The first kappa shape index (κ1) is 13.5. The Labute approximate surface area is 112 Å². The van der Waals surface area contributed by atoms with Crippen LogP contribution in [0.15, 0.2) is 43.4 Å². The number of primary amides is 1. The number of nitrogens with one attached hydrogen (secondary N) is 1. The topological polar surface area (TPSA) is 120 Å². The lowest BCUT2D eigenvalue weighted by Gasteiger charge is -2.04. The number of carbonyl (C=O) groups excluding carboxylic acids is 1. The third kappa shape index (κ3) is 2.74. The van der Waals surface area contributed by atoms with Crippen LogP contribution in [0.4, 0.5) is 4.79 Å². The van der Waals surface area contributed by atoms with Gasteiger partial charge in [0.05, 0.1) is 17.6 Å². The number of amides is 2. The molecule has 0 radical (unpaired) electrons. The summed E-state index contributed by atoms with van der Waals surface area (Å²) in [6.45, 7) is 1.43. The summed E-state index contributed by atoms with van der Waals surface area (Å²) in [4.78, 5) is 34.4. The number of para-hydroxylation sites is 1. The molecular formula is C12H12N4O4. The average molecular weight is 276 g/mol. The molecule has 104 valence electrons. The second-order valence-electron chi connectivity index (χ2n) is 4.08. The Bertz CT molecular complexity index is 803. The summed E-state index contributed by atoms with van der Waals surface area (Å²) in [5.41, 5.74) is 6.95. The Hall–Kier alpha value is -2.90. The predicted molar refractivity (Wildman–Crippen MR) is 72.6 cm³/mol. The lowest BCUT2D eigenvalue weighted by Crippen LogP contribution is -2.35. The van der Waals surface area contributed by atoms with Crippen LogP contribution in [0.3, 0.4) is 0 Å². The largest absolute Gasteiger partial charge is 0.422 e. The summed E-state index contributed by atoms with van der Waals surface area (Å²) in [7, 11) is 0. The first-order valence-electron chi connectivity index (χ1n) is 5.70. The summed E-state index contributed by atoms with van der Waals surface area (Å²) in [5, 5.41) is 3.93. The summed E-state index contributed by atoms with van der Waals surface area (Å²) < 4.78 is 5.93. The number of fused-ring (bicyclic) bond motifs is 1. The lowest BCUT2D eigenvalue weighted by molar-refractivity contribution is 0.249. The van der Waals surface area contributed by atoms with Crippen molar-refractivity contribution in [2.24, 2.45) is 10.8 Å². The van der Waals surface area contributed by atoms with Crippen molar-refractivity contribution in [3.8, 4) is 0 Å². The highest BCUT2D eigenvalue weighted by molar-refractivity contribution is 5.83. The van der Waals surface area contributed by atoms with Crippen LogP contribution < -0.4 is 22.5 Å². The molecule has 0 aliphatic carbocycles. The normalized spacial score (nSPS) is 11.6. The van der Waals surface area contributed by atoms with Crippen molar-refractivity contribution in [2.75, 3.05) is 0 Å². The molecule has 3 N–H and O–H groups in total. The van der Waals surface area contributed by atoms with Gasteiger partial charge in [0.1, 0.15) is 5.58 Å².